The number of hydrogen-bond acceptors (Lipinski definition) is 6. The molecule has 7 nitrogen and oxygen atoms in total. The second-order valence-corrected chi connectivity index (χ2v) is 7.76. The predicted octanol–water partition coefficient (Wildman–Crippen LogP) is 4.29. The molecule has 0 saturated heterocycles. The van der Waals surface area contributed by atoms with Gasteiger partial charge in [0.05, 0.1) is 26.5 Å². The minimum atomic E-state index is -0.495. The van der Waals surface area contributed by atoms with Crippen molar-refractivity contribution in [3.05, 3.63) is 93.7 Å². The standard InChI is InChI=1S/C24H21N3O4S/c1-30-20-11-10-17(13-21(20)31-2)19-15-32-24(25-19)26-22(28)18-9-6-12-27(23(18)29)14-16-7-4-3-5-8-16/h3-13,15H,14H2,1-2H3,(H,25,26,28). The van der Waals surface area contributed by atoms with E-state index in [0.29, 0.717) is 28.9 Å². The zero-order valence-corrected chi connectivity index (χ0v) is 18.4. The first kappa shape index (κ1) is 21.3. The smallest absolute Gasteiger partial charge is 0.263 e. The Labute approximate surface area is 188 Å². The lowest BCUT2D eigenvalue weighted by molar-refractivity contribution is 0.102. The summed E-state index contributed by atoms with van der Waals surface area (Å²) < 4.78 is 12.1. The number of thiazole rings is 1. The van der Waals surface area contributed by atoms with Gasteiger partial charge in [-0.15, -0.1) is 11.3 Å². The van der Waals surface area contributed by atoms with E-state index >= 15 is 0 Å². The molecular formula is C24H21N3O4S. The number of anilines is 1. The van der Waals surface area contributed by atoms with Crippen LogP contribution in [0.1, 0.15) is 15.9 Å². The fourth-order valence-electron chi connectivity index (χ4n) is 3.24. The molecular weight excluding hydrogens is 426 g/mol. The maximum atomic E-state index is 12.8. The zero-order valence-electron chi connectivity index (χ0n) is 17.6. The number of amides is 1. The summed E-state index contributed by atoms with van der Waals surface area (Å²) in [6, 6.07) is 18.3. The van der Waals surface area contributed by atoms with Crippen molar-refractivity contribution in [3.8, 4) is 22.8 Å². The van der Waals surface area contributed by atoms with Crippen LogP contribution < -0.4 is 20.3 Å². The molecule has 0 fully saturated rings. The minimum Gasteiger partial charge on any atom is -0.493 e. The number of aromatic nitrogens is 2. The summed E-state index contributed by atoms with van der Waals surface area (Å²) in [5.74, 6) is 0.716. The highest BCUT2D eigenvalue weighted by Gasteiger charge is 2.15. The van der Waals surface area contributed by atoms with Crippen LogP contribution in [-0.2, 0) is 6.54 Å². The Morgan fingerprint density at radius 1 is 1.03 bits per heavy atom. The van der Waals surface area contributed by atoms with Crippen LogP contribution in [0.3, 0.4) is 0 Å². The average molecular weight is 448 g/mol. The fraction of sp³-hybridized carbons (Fsp3) is 0.125. The van der Waals surface area contributed by atoms with Crippen LogP contribution in [-0.4, -0.2) is 29.7 Å². The van der Waals surface area contributed by atoms with E-state index in [1.54, 1.807) is 32.5 Å². The molecule has 4 aromatic rings. The molecule has 32 heavy (non-hydrogen) atoms. The molecule has 0 aliphatic heterocycles. The number of nitrogens with zero attached hydrogens (tertiary/aromatic N) is 2. The van der Waals surface area contributed by atoms with Gasteiger partial charge in [0.1, 0.15) is 5.56 Å². The summed E-state index contributed by atoms with van der Waals surface area (Å²) in [7, 11) is 3.14. The molecule has 0 spiro atoms. The normalized spacial score (nSPS) is 10.6. The van der Waals surface area contributed by atoms with Gasteiger partial charge in [-0.3, -0.25) is 14.9 Å². The summed E-state index contributed by atoms with van der Waals surface area (Å²) in [5.41, 5.74) is 2.19. The maximum Gasteiger partial charge on any atom is 0.263 e. The third-order valence-corrected chi connectivity index (χ3v) is 5.62. The summed E-state index contributed by atoms with van der Waals surface area (Å²) in [6.45, 7) is 0.390. The molecule has 0 aliphatic carbocycles. The Morgan fingerprint density at radius 2 is 1.81 bits per heavy atom. The topological polar surface area (TPSA) is 82.5 Å². The van der Waals surface area contributed by atoms with Gasteiger partial charge in [-0.05, 0) is 35.9 Å². The van der Waals surface area contributed by atoms with E-state index in [0.717, 1.165) is 11.1 Å². The van der Waals surface area contributed by atoms with Gasteiger partial charge in [0.25, 0.3) is 11.5 Å². The molecule has 4 rings (SSSR count). The predicted molar refractivity (Wildman–Crippen MR) is 125 cm³/mol. The second-order valence-electron chi connectivity index (χ2n) is 6.90. The monoisotopic (exact) mass is 447 g/mol. The summed E-state index contributed by atoms with van der Waals surface area (Å²) in [5, 5.41) is 4.96. The Hall–Kier alpha value is -3.91. The van der Waals surface area contributed by atoms with Gasteiger partial charge in [-0.25, -0.2) is 4.98 Å². The van der Waals surface area contributed by atoms with Crippen LogP contribution in [0, 0.1) is 0 Å². The highest BCUT2D eigenvalue weighted by Crippen LogP contribution is 2.33. The van der Waals surface area contributed by atoms with Gasteiger partial charge in [0.2, 0.25) is 0 Å². The zero-order chi connectivity index (χ0) is 22.5. The van der Waals surface area contributed by atoms with Gasteiger partial charge >= 0.3 is 0 Å². The number of rotatable bonds is 7. The number of carbonyl (C=O) groups excluding carboxylic acids is 1. The third kappa shape index (κ3) is 4.55. The first-order valence-electron chi connectivity index (χ1n) is 9.81. The number of carbonyl (C=O) groups is 1. The maximum absolute atomic E-state index is 12.8. The van der Waals surface area contributed by atoms with Crippen LogP contribution in [0.4, 0.5) is 5.13 Å². The number of benzene rings is 2. The van der Waals surface area contributed by atoms with Crippen LogP contribution in [0.15, 0.2) is 77.0 Å². The molecule has 2 aromatic heterocycles. The van der Waals surface area contributed by atoms with Crippen LogP contribution in [0.5, 0.6) is 11.5 Å². The van der Waals surface area contributed by atoms with Crippen molar-refractivity contribution in [1.82, 2.24) is 9.55 Å². The van der Waals surface area contributed by atoms with Crippen molar-refractivity contribution < 1.29 is 14.3 Å². The summed E-state index contributed by atoms with van der Waals surface area (Å²) in [6.07, 6.45) is 1.67. The van der Waals surface area contributed by atoms with Gasteiger partial charge in [0, 0.05) is 17.1 Å². The molecule has 2 heterocycles. The van der Waals surface area contributed by atoms with Crippen LogP contribution >= 0.6 is 11.3 Å². The van der Waals surface area contributed by atoms with Crippen LogP contribution in [0.2, 0.25) is 0 Å². The first-order chi connectivity index (χ1) is 15.6. The number of nitrogens with one attached hydrogen (secondary N) is 1. The van der Waals surface area contributed by atoms with Gasteiger partial charge in [0.15, 0.2) is 16.6 Å². The van der Waals surface area contributed by atoms with Crippen LogP contribution in [0.25, 0.3) is 11.3 Å². The number of hydrogen-bond donors (Lipinski definition) is 1. The van der Waals surface area contributed by atoms with Gasteiger partial charge in [-0.2, -0.15) is 0 Å². The summed E-state index contributed by atoms with van der Waals surface area (Å²) >= 11 is 1.28. The molecule has 0 radical (unpaired) electrons. The molecule has 0 saturated carbocycles. The van der Waals surface area contributed by atoms with Crippen molar-refractivity contribution in [1.29, 1.82) is 0 Å². The van der Waals surface area contributed by atoms with Crippen molar-refractivity contribution in [2.75, 3.05) is 19.5 Å². The molecule has 0 atom stereocenters. The molecule has 0 unspecified atom stereocenters. The average Bonchev–Trinajstić information content (AvgIpc) is 3.29. The Bertz CT molecular complexity index is 1300. The molecule has 8 heteroatoms. The van der Waals surface area contributed by atoms with E-state index in [4.69, 9.17) is 9.47 Å². The molecule has 0 bridgehead atoms. The van der Waals surface area contributed by atoms with Crippen molar-refractivity contribution in [2.45, 2.75) is 6.54 Å². The van der Waals surface area contributed by atoms with E-state index in [2.05, 4.69) is 10.3 Å². The highest BCUT2D eigenvalue weighted by atomic mass is 32.1. The molecule has 162 valence electrons. The first-order valence-corrected chi connectivity index (χ1v) is 10.7. The van der Waals surface area contributed by atoms with Gasteiger partial charge in [-0.1, -0.05) is 30.3 Å². The van der Waals surface area contributed by atoms with E-state index in [1.165, 1.54) is 22.0 Å². The SMILES string of the molecule is COc1ccc(-c2csc(NC(=O)c3cccn(Cc4ccccc4)c3=O)n2)cc1OC. The van der Waals surface area contributed by atoms with E-state index in [9.17, 15) is 9.59 Å². The quantitative estimate of drug-likeness (QED) is 0.457. The van der Waals surface area contributed by atoms with E-state index in [-0.39, 0.29) is 11.1 Å². The lowest BCUT2D eigenvalue weighted by Gasteiger charge is -2.08. The Kier molecular flexibility index (Phi) is 6.32. The van der Waals surface area contributed by atoms with Gasteiger partial charge < -0.3 is 14.0 Å². The summed E-state index contributed by atoms with van der Waals surface area (Å²) in [4.78, 5) is 30.1. The Morgan fingerprint density at radius 3 is 2.56 bits per heavy atom. The number of pyridine rings is 1. The minimum absolute atomic E-state index is 0.0614. The number of ether oxygens (including phenoxy) is 2. The largest absolute Gasteiger partial charge is 0.493 e. The molecule has 0 aliphatic rings. The Balaban J connectivity index is 1.53. The lowest BCUT2D eigenvalue weighted by Crippen LogP contribution is -2.29. The highest BCUT2D eigenvalue weighted by molar-refractivity contribution is 7.14. The fourth-order valence-corrected chi connectivity index (χ4v) is 3.95. The van der Waals surface area contributed by atoms with Crippen molar-refractivity contribution in [2.24, 2.45) is 0 Å². The van der Waals surface area contributed by atoms with E-state index in [1.807, 2.05) is 47.8 Å². The van der Waals surface area contributed by atoms with Crippen molar-refractivity contribution in [3.63, 3.8) is 0 Å². The molecule has 1 N–H and O–H groups in total. The number of methoxy groups -OCH3 is 2. The third-order valence-electron chi connectivity index (χ3n) is 4.86. The van der Waals surface area contributed by atoms with E-state index < -0.39 is 5.91 Å². The molecule has 2 aromatic carbocycles. The lowest BCUT2D eigenvalue weighted by atomic mass is 10.1. The van der Waals surface area contributed by atoms with Crippen molar-refractivity contribution >= 4 is 22.4 Å². The second kappa shape index (κ2) is 9.49. The molecule has 1 amide bonds.